The lowest BCUT2D eigenvalue weighted by Crippen LogP contribution is -2.47. The maximum Gasteiger partial charge on any atom is 0.252 e. The van der Waals surface area contributed by atoms with Gasteiger partial charge in [-0.2, -0.15) is 4.31 Å². The molecule has 28 heavy (non-hydrogen) atoms. The van der Waals surface area contributed by atoms with Gasteiger partial charge in [-0.3, -0.25) is 9.59 Å². The normalized spacial score (nSPS) is 22.0. The Morgan fingerprint density at radius 1 is 1.11 bits per heavy atom. The number of rotatable bonds is 4. The van der Waals surface area contributed by atoms with E-state index in [1.807, 2.05) is 0 Å². The van der Waals surface area contributed by atoms with Gasteiger partial charge >= 0.3 is 0 Å². The number of nitrogens with zero attached hydrogens (tertiary/aromatic N) is 3. The number of likely N-dealkylation sites (tertiary alicyclic amines) is 1. The van der Waals surface area contributed by atoms with Crippen LogP contribution in [0.1, 0.15) is 19.3 Å². The highest BCUT2D eigenvalue weighted by Gasteiger charge is 2.33. The van der Waals surface area contributed by atoms with Gasteiger partial charge in [-0.25, -0.2) is 8.42 Å². The Labute approximate surface area is 178 Å². The van der Waals surface area contributed by atoms with Gasteiger partial charge in [0, 0.05) is 39.3 Å². The molecule has 154 valence electrons. The summed E-state index contributed by atoms with van der Waals surface area (Å²) in [4.78, 5) is 28.3. The monoisotopic (exact) mass is 489 g/mol. The zero-order valence-electron chi connectivity index (χ0n) is 15.5. The minimum absolute atomic E-state index is 0.0136. The highest BCUT2D eigenvalue weighted by Crippen LogP contribution is 2.29. The van der Waals surface area contributed by atoms with Crippen molar-refractivity contribution in [2.75, 3.05) is 39.3 Å². The number of hydrogen-bond donors (Lipinski definition) is 0. The Bertz CT molecular complexity index is 855. The summed E-state index contributed by atoms with van der Waals surface area (Å²) in [6, 6.07) is 3.33. The lowest BCUT2D eigenvalue weighted by molar-refractivity contribution is -0.139. The standard InChI is InChI=1S/C18H24BrN3O4S2/c1-2-16(23)21-8-3-5-14(13-21)18(24)20-9-4-10-22(12-11-20)28(25,26)17-7-6-15(19)27-17/h2,6-7,14H,1,3-5,8-13H2. The Kier molecular flexibility index (Phi) is 6.95. The summed E-state index contributed by atoms with van der Waals surface area (Å²) in [5.74, 6) is -0.360. The molecule has 3 heterocycles. The van der Waals surface area contributed by atoms with Crippen LogP contribution in [0.4, 0.5) is 0 Å². The first-order valence-corrected chi connectivity index (χ1v) is 12.3. The maximum absolute atomic E-state index is 13.0. The van der Waals surface area contributed by atoms with Crippen molar-refractivity contribution in [2.24, 2.45) is 5.92 Å². The van der Waals surface area contributed by atoms with E-state index in [1.165, 1.54) is 21.7 Å². The molecule has 2 aliphatic rings. The summed E-state index contributed by atoms with van der Waals surface area (Å²) in [6.07, 6.45) is 3.42. The van der Waals surface area contributed by atoms with E-state index in [9.17, 15) is 18.0 Å². The summed E-state index contributed by atoms with van der Waals surface area (Å²) in [7, 11) is -3.54. The molecule has 0 bridgehead atoms. The van der Waals surface area contributed by atoms with Crippen molar-refractivity contribution in [1.82, 2.24) is 14.1 Å². The molecule has 1 aromatic rings. The summed E-state index contributed by atoms with van der Waals surface area (Å²) < 4.78 is 28.2. The molecule has 2 aliphatic heterocycles. The Morgan fingerprint density at radius 3 is 2.54 bits per heavy atom. The molecule has 1 unspecified atom stereocenters. The molecule has 0 N–H and O–H groups in total. The van der Waals surface area contributed by atoms with Gasteiger partial charge in [-0.15, -0.1) is 11.3 Å². The number of halogens is 1. The maximum atomic E-state index is 13.0. The van der Waals surface area contributed by atoms with Gasteiger partial charge in [0.15, 0.2) is 0 Å². The molecule has 1 atom stereocenters. The first-order chi connectivity index (χ1) is 13.3. The van der Waals surface area contributed by atoms with Gasteiger partial charge in [-0.05, 0) is 53.4 Å². The summed E-state index contributed by atoms with van der Waals surface area (Å²) in [5, 5.41) is 0. The van der Waals surface area contributed by atoms with Crippen LogP contribution < -0.4 is 0 Å². The fourth-order valence-corrected chi connectivity index (χ4v) is 7.32. The van der Waals surface area contributed by atoms with Crippen LogP contribution in [0.15, 0.2) is 32.8 Å². The second-order valence-corrected chi connectivity index (χ2v) is 11.6. The molecule has 0 radical (unpaired) electrons. The van der Waals surface area contributed by atoms with Crippen LogP contribution in [-0.4, -0.2) is 73.6 Å². The third-order valence-electron chi connectivity index (χ3n) is 5.17. The highest BCUT2D eigenvalue weighted by atomic mass is 79.9. The minimum atomic E-state index is -3.54. The molecule has 1 aromatic heterocycles. The predicted octanol–water partition coefficient (Wildman–Crippen LogP) is 2.16. The lowest BCUT2D eigenvalue weighted by Gasteiger charge is -2.34. The Balaban J connectivity index is 1.64. The predicted molar refractivity (Wildman–Crippen MR) is 111 cm³/mol. The van der Waals surface area contributed by atoms with Crippen molar-refractivity contribution in [3.05, 3.63) is 28.6 Å². The SMILES string of the molecule is C=CC(=O)N1CCCC(C(=O)N2CCCN(S(=O)(=O)c3ccc(Br)s3)CC2)C1. The van der Waals surface area contributed by atoms with Crippen molar-refractivity contribution in [1.29, 1.82) is 0 Å². The smallest absolute Gasteiger partial charge is 0.252 e. The van der Waals surface area contributed by atoms with E-state index in [4.69, 9.17) is 0 Å². The van der Waals surface area contributed by atoms with Crippen molar-refractivity contribution >= 4 is 49.1 Å². The molecule has 0 saturated carbocycles. The van der Waals surface area contributed by atoms with Crippen LogP contribution in [0.5, 0.6) is 0 Å². The van der Waals surface area contributed by atoms with Crippen LogP contribution >= 0.6 is 27.3 Å². The minimum Gasteiger partial charge on any atom is -0.341 e. The topological polar surface area (TPSA) is 78.0 Å². The molecule has 0 aliphatic carbocycles. The number of thiophene rings is 1. The molecule has 3 rings (SSSR count). The molecule has 7 nitrogen and oxygen atoms in total. The molecule has 2 amide bonds. The Morgan fingerprint density at radius 2 is 1.86 bits per heavy atom. The lowest BCUT2D eigenvalue weighted by atomic mass is 9.96. The fraction of sp³-hybridized carbons (Fsp3) is 0.556. The van der Waals surface area contributed by atoms with Crippen LogP contribution in [0.2, 0.25) is 0 Å². The molecular weight excluding hydrogens is 466 g/mol. The zero-order chi connectivity index (χ0) is 20.3. The first kappa shape index (κ1) is 21.5. The van der Waals surface area contributed by atoms with E-state index in [1.54, 1.807) is 21.9 Å². The molecule has 10 heteroatoms. The fourth-order valence-electron chi connectivity index (χ4n) is 3.68. The van der Waals surface area contributed by atoms with E-state index >= 15 is 0 Å². The van der Waals surface area contributed by atoms with Crippen molar-refractivity contribution in [2.45, 2.75) is 23.5 Å². The summed E-state index contributed by atoms with van der Waals surface area (Å²) in [6.45, 7) is 6.16. The molecule has 2 saturated heterocycles. The zero-order valence-corrected chi connectivity index (χ0v) is 18.8. The molecule has 0 spiro atoms. The van der Waals surface area contributed by atoms with E-state index < -0.39 is 10.0 Å². The number of piperidine rings is 1. The third-order valence-corrected chi connectivity index (χ3v) is 9.16. The van der Waals surface area contributed by atoms with Crippen LogP contribution in [0.3, 0.4) is 0 Å². The van der Waals surface area contributed by atoms with E-state index in [0.717, 1.165) is 16.6 Å². The van der Waals surface area contributed by atoms with Crippen molar-refractivity contribution < 1.29 is 18.0 Å². The van der Waals surface area contributed by atoms with Crippen LogP contribution in [0, 0.1) is 5.92 Å². The van der Waals surface area contributed by atoms with Gasteiger partial charge in [0.2, 0.25) is 11.8 Å². The van der Waals surface area contributed by atoms with Crippen molar-refractivity contribution in [3.63, 3.8) is 0 Å². The Hall–Kier alpha value is -1.23. The average Bonchev–Trinajstić information content (AvgIpc) is 2.99. The van der Waals surface area contributed by atoms with E-state index in [2.05, 4.69) is 22.5 Å². The molecular formula is C18H24BrN3O4S2. The van der Waals surface area contributed by atoms with Gasteiger partial charge in [0.05, 0.1) is 9.70 Å². The number of hydrogen-bond acceptors (Lipinski definition) is 5. The number of carbonyl (C=O) groups excluding carboxylic acids is 2. The number of sulfonamides is 1. The third kappa shape index (κ3) is 4.67. The molecule has 0 aromatic carbocycles. The van der Waals surface area contributed by atoms with Gasteiger partial charge in [-0.1, -0.05) is 6.58 Å². The number of carbonyl (C=O) groups is 2. The van der Waals surface area contributed by atoms with Crippen molar-refractivity contribution in [3.8, 4) is 0 Å². The van der Waals surface area contributed by atoms with Crippen LogP contribution in [0.25, 0.3) is 0 Å². The summed E-state index contributed by atoms with van der Waals surface area (Å²) >= 11 is 4.50. The second kappa shape index (κ2) is 9.06. The van der Waals surface area contributed by atoms with Crippen LogP contribution in [-0.2, 0) is 19.6 Å². The molecule has 2 fully saturated rings. The average molecular weight is 490 g/mol. The van der Waals surface area contributed by atoms with E-state index in [0.29, 0.717) is 43.4 Å². The highest BCUT2D eigenvalue weighted by molar-refractivity contribution is 9.11. The number of amides is 2. The van der Waals surface area contributed by atoms with Gasteiger partial charge < -0.3 is 9.80 Å². The summed E-state index contributed by atoms with van der Waals surface area (Å²) in [5.41, 5.74) is 0. The van der Waals surface area contributed by atoms with Gasteiger partial charge in [0.1, 0.15) is 4.21 Å². The van der Waals surface area contributed by atoms with Gasteiger partial charge in [0.25, 0.3) is 10.0 Å². The van der Waals surface area contributed by atoms with E-state index in [-0.39, 0.29) is 24.3 Å². The second-order valence-electron chi connectivity index (χ2n) is 6.97. The quantitative estimate of drug-likeness (QED) is 0.607. The largest absolute Gasteiger partial charge is 0.341 e. The first-order valence-electron chi connectivity index (χ1n) is 9.28.